The molecule has 3 rings (SSSR count). The van der Waals surface area contributed by atoms with Crippen molar-refractivity contribution in [3.8, 4) is 0 Å². The van der Waals surface area contributed by atoms with E-state index in [-0.39, 0.29) is 19.6 Å². The first kappa shape index (κ1) is 11.0. The number of fused-ring (bicyclic) bond motifs is 1. The van der Waals surface area contributed by atoms with Crippen molar-refractivity contribution in [2.75, 3.05) is 0 Å². The summed E-state index contributed by atoms with van der Waals surface area (Å²) in [5, 5.41) is 0. The molecule has 1 aliphatic heterocycles. The molecule has 0 fully saturated rings. The van der Waals surface area contributed by atoms with Crippen molar-refractivity contribution in [1.29, 1.82) is 0 Å². The van der Waals surface area contributed by atoms with E-state index in [4.69, 9.17) is 0 Å². The first-order chi connectivity index (χ1) is 7.95. The summed E-state index contributed by atoms with van der Waals surface area (Å²) in [6, 6.07) is 5.83. The Kier molecular flexibility index (Phi) is 2.07. The zero-order valence-corrected chi connectivity index (χ0v) is 10.5. The first-order valence-corrected chi connectivity index (χ1v) is 8.23. The molecule has 0 spiro atoms. The predicted octanol–water partition coefficient (Wildman–Crippen LogP) is 1.64. The molecule has 0 atom stereocenters. The number of rotatable bonds is 0. The minimum Gasteiger partial charge on any atom is -0.219 e. The zero-order chi connectivity index (χ0) is 12.3. The Morgan fingerprint density at radius 2 is 1.18 bits per heavy atom. The second kappa shape index (κ2) is 3.20. The largest absolute Gasteiger partial charge is 0.219 e. The van der Waals surface area contributed by atoms with Crippen LogP contribution in [0.1, 0.15) is 19.3 Å². The van der Waals surface area contributed by atoms with E-state index in [1.54, 1.807) is 12.1 Å². The van der Waals surface area contributed by atoms with Gasteiger partial charge in [0, 0.05) is 0 Å². The van der Waals surface area contributed by atoms with E-state index in [1.165, 1.54) is 12.1 Å². The van der Waals surface area contributed by atoms with Gasteiger partial charge in [0.15, 0.2) is 0 Å². The summed E-state index contributed by atoms with van der Waals surface area (Å²) in [4.78, 5) is 0.0775. The molecule has 0 bridgehead atoms. The molecule has 1 aliphatic carbocycles. The molecule has 6 heteroatoms. The van der Waals surface area contributed by atoms with Crippen LogP contribution in [0.25, 0.3) is 0 Å². The summed E-state index contributed by atoms with van der Waals surface area (Å²) in [5.41, 5.74) is 0. The smallest absolute Gasteiger partial charge is 0.205 e. The fraction of sp³-hybridized carbons (Fsp3) is 0.273. The van der Waals surface area contributed by atoms with Crippen molar-refractivity contribution >= 4 is 19.7 Å². The molecule has 0 aromatic heterocycles. The van der Waals surface area contributed by atoms with Crippen molar-refractivity contribution in [3.63, 3.8) is 0 Å². The van der Waals surface area contributed by atoms with Gasteiger partial charge in [0.2, 0.25) is 19.7 Å². The molecule has 0 radical (unpaired) electrons. The Bertz CT molecular complexity index is 676. The van der Waals surface area contributed by atoms with Gasteiger partial charge in [-0.1, -0.05) is 12.1 Å². The number of benzene rings is 1. The quantitative estimate of drug-likeness (QED) is 0.718. The maximum Gasteiger partial charge on any atom is 0.205 e. The van der Waals surface area contributed by atoms with E-state index >= 15 is 0 Å². The lowest BCUT2D eigenvalue weighted by atomic mass is 10.4. The van der Waals surface area contributed by atoms with E-state index in [0.29, 0.717) is 19.3 Å². The number of hydrogen-bond donors (Lipinski definition) is 0. The summed E-state index contributed by atoms with van der Waals surface area (Å²) in [7, 11) is -7.18. The SMILES string of the molecule is O=S1(=O)C2=C(CCC2)S(=O)(=O)c2ccccc21. The normalized spacial score (nSPS) is 24.2. The molecule has 0 saturated carbocycles. The molecule has 17 heavy (non-hydrogen) atoms. The maximum absolute atomic E-state index is 12.3. The Morgan fingerprint density at radius 1 is 0.765 bits per heavy atom. The number of sulfone groups is 2. The third-order valence-electron chi connectivity index (χ3n) is 3.20. The Morgan fingerprint density at radius 3 is 1.59 bits per heavy atom. The van der Waals surface area contributed by atoms with Crippen LogP contribution in [0.5, 0.6) is 0 Å². The van der Waals surface area contributed by atoms with E-state index in [2.05, 4.69) is 0 Å². The van der Waals surface area contributed by atoms with Crippen molar-refractivity contribution in [1.82, 2.24) is 0 Å². The van der Waals surface area contributed by atoms with Gasteiger partial charge in [-0.2, -0.15) is 0 Å². The molecule has 0 amide bonds. The van der Waals surface area contributed by atoms with E-state index in [0.717, 1.165) is 0 Å². The van der Waals surface area contributed by atoms with Crippen LogP contribution in [0.3, 0.4) is 0 Å². The summed E-state index contributed by atoms with van der Waals surface area (Å²) in [6.07, 6.45) is 1.27. The minimum atomic E-state index is -3.59. The lowest BCUT2D eigenvalue weighted by Gasteiger charge is -2.18. The summed E-state index contributed by atoms with van der Waals surface area (Å²) >= 11 is 0. The van der Waals surface area contributed by atoms with Gasteiger partial charge in [-0.05, 0) is 31.4 Å². The van der Waals surface area contributed by atoms with E-state index in [9.17, 15) is 16.8 Å². The minimum absolute atomic E-state index is 0.0688. The van der Waals surface area contributed by atoms with Gasteiger partial charge in [-0.3, -0.25) is 0 Å². The van der Waals surface area contributed by atoms with Crippen LogP contribution in [0.4, 0.5) is 0 Å². The van der Waals surface area contributed by atoms with Crippen LogP contribution in [0, 0.1) is 0 Å². The second-order valence-electron chi connectivity index (χ2n) is 4.15. The maximum atomic E-state index is 12.3. The van der Waals surface area contributed by atoms with Crippen molar-refractivity contribution in [2.45, 2.75) is 29.1 Å². The lowest BCUT2D eigenvalue weighted by Crippen LogP contribution is -2.19. The fourth-order valence-electron chi connectivity index (χ4n) is 2.42. The monoisotopic (exact) mass is 270 g/mol. The second-order valence-corrected chi connectivity index (χ2v) is 8.03. The molecule has 90 valence electrons. The van der Waals surface area contributed by atoms with Crippen molar-refractivity contribution in [3.05, 3.63) is 34.1 Å². The molecule has 1 heterocycles. The molecule has 1 aromatic carbocycles. The average Bonchev–Trinajstić information content (AvgIpc) is 2.78. The molecule has 4 nitrogen and oxygen atoms in total. The average molecular weight is 270 g/mol. The molecule has 2 aliphatic rings. The molecule has 0 saturated heterocycles. The molecule has 0 N–H and O–H groups in total. The zero-order valence-electron chi connectivity index (χ0n) is 8.88. The summed E-state index contributed by atoms with van der Waals surface area (Å²) in [6.45, 7) is 0. The topological polar surface area (TPSA) is 68.3 Å². The molecule has 0 unspecified atom stereocenters. The van der Waals surface area contributed by atoms with Gasteiger partial charge in [-0.15, -0.1) is 0 Å². The fourth-order valence-corrected chi connectivity index (χ4v) is 7.07. The van der Waals surface area contributed by atoms with Gasteiger partial charge in [0.05, 0.1) is 19.6 Å². The van der Waals surface area contributed by atoms with Crippen LogP contribution in [-0.2, 0) is 19.7 Å². The van der Waals surface area contributed by atoms with Gasteiger partial charge in [0.25, 0.3) is 0 Å². The Hall–Kier alpha value is -1.14. The van der Waals surface area contributed by atoms with Crippen LogP contribution in [0.2, 0.25) is 0 Å². The molecular weight excluding hydrogens is 260 g/mol. The van der Waals surface area contributed by atoms with Crippen LogP contribution < -0.4 is 0 Å². The Labute approximate surface area is 99.8 Å². The van der Waals surface area contributed by atoms with Crippen molar-refractivity contribution < 1.29 is 16.8 Å². The van der Waals surface area contributed by atoms with Gasteiger partial charge < -0.3 is 0 Å². The third kappa shape index (κ3) is 1.28. The standard InChI is InChI=1S/C11H10O4S2/c12-16(13)8-4-1-2-5-9(8)17(14,15)11-7-3-6-10(11)16/h1-2,4-5H,3,6-7H2. The summed E-state index contributed by atoms with van der Waals surface area (Å²) in [5.74, 6) is 0. The highest BCUT2D eigenvalue weighted by Gasteiger charge is 2.42. The van der Waals surface area contributed by atoms with Gasteiger partial charge in [-0.25, -0.2) is 16.8 Å². The number of allylic oxidation sites excluding steroid dienone is 2. The van der Waals surface area contributed by atoms with Crippen LogP contribution in [0.15, 0.2) is 43.9 Å². The highest BCUT2D eigenvalue weighted by Crippen LogP contribution is 2.45. The molecule has 1 aromatic rings. The molecular formula is C11H10O4S2. The third-order valence-corrected chi connectivity index (χ3v) is 7.52. The van der Waals surface area contributed by atoms with E-state index in [1.807, 2.05) is 0 Å². The number of hydrogen-bond acceptors (Lipinski definition) is 4. The van der Waals surface area contributed by atoms with Crippen LogP contribution >= 0.6 is 0 Å². The van der Waals surface area contributed by atoms with Gasteiger partial charge in [0.1, 0.15) is 0 Å². The van der Waals surface area contributed by atoms with E-state index < -0.39 is 19.7 Å². The lowest BCUT2D eigenvalue weighted by molar-refractivity contribution is 0.584. The summed E-state index contributed by atoms with van der Waals surface area (Å²) < 4.78 is 49.0. The van der Waals surface area contributed by atoms with Crippen molar-refractivity contribution in [2.24, 2.45) is 0 Å². The highest BCUT2D eigenvalue weighted by atomic mass is 32.2. The van der Waals surface area contributed by atoms with Gasteiger partial charge >= 0.3 is 0 Å². The highest BCUT2D eigenvalue weighted by molar-refractivity contribution is 8.01. The van der Waals surface area contributed by atoms with Crippen LogP contribution in [-0.4, -0.2) is 16.8 Å². The Balaban J connectivity index is 2.50. The predicted molar refractivity (Wildman–Crippen MR) is 61.7 cm³/mol. The first-order valence-electron chi connectivity index (χ1n) is 5.27.